The van der Waals surface area contributed by atoms with Gasteiger partial charge in [-0.3, -0.25) is 0 Å². The predicted octanol–water partition coefficient (Wildman–Crippen LogP) is 3.65. The summed E-state index contributed by atoms with van der Waals surface area (Å²) in [5.41, 5.74) is 11.7. The van der Waals surface area contributed by atoms with Gasteiger partial charge in [-0.2, -0.15) is 0 Å². The van der Waals surface area contributed by atoms with Gasteiger partial charge in [0, 0.05) is 6.54 Å². The fourth-order valence-electron chi connectivity index (χ4n) is 1.98. The molecule has 2 N–H and O–H groups in total. The minimum Gasteiger partial charge on any atom is -0.489 e. The first-order valence-electron chi connectivity index (χ1n) is 6.58. The summed E-state index contributed by atoms with van der Waals surface area (Å²) in [4.78, 5) is 0. The number of aryl methyl sites for hydroxylation is 3. The quantitative estimate of drug-likeness (QED) is 0.905. The Morgan fingerprint density at radius 2 is 1.53 bits per heavy atom. The zero-order valence-electron chi connectivity index (χ0n) is 11.9. The minimum atomic E-state index is 0.542. The van der Waals surface area contributed by atoms with E-state index in [1.807, 2.05) is 12.1 Å². The van der Waals surface area contributed by atoms with E-state index in [1.165, 1.54) is 16.7 Å². The standard InChI is InChI=1S/C17H21NO/c1-12-4-7-16(8-14(12)3)11-19-17-9-15(10-18)6-5-13(17)2/h4-9H,10-11,18H2,1-3H3. The van der Waals surface area contributed by atoms with Crippen LogP contribution in [0.15, 0.2) is 36.4 Å². The molecule has 2 rings (SSSR count). The molecule has 2 aromatic rings. The molecule has 0 aliphatic heterocycles. The van der Waals surface area contributed by atoms with Gasteiger partial charge in [-0.25, -0.2) is 0 Å². The molecule has 0 fully saturated rings. The van der Waals surface area contributed by atoms with E-state index in [0.717, 1.165) is 16.9 Å². The fourth-order valence-corrected chi connectivity index (χ4v) is 1.98. The second-order valence-electron chi connectivity index (χ2n) is 5.01. The molecule has 0 spiro atoms. The maximum Gasteiger partial charge on any atom is 0.123 e. The van der Waals surface area contributed by atoms with E-state index in [0.29, 0.717) is 13.2 Å². The highest BCUT2D eigenvalue weighted by molar-refractivity contribution is 5.37. The van der Waals surface area contributed by atoms with Gasteiger partial charge in [0.25, 0.3) is 0 Å². The molecule has 0 saturated carbocycles. The van der Waals surface area contributed by atoms with Crippen molar-refractivity contribution in [1.82, 2.24) is 0 Å². The van der Waals surface area contributed by atoms with Gasteiger partial charge in [0.1, 0.15) is 12.4 Å². The topological polar surface area (TPSA) is 35.2 Å². The number of nitrogens with two attached hydrogens (primary N) is 1. The summed E-state index contributed by atoms with van der Waals surface area (Å²) in [6.07, 6.45) is 0. The van der Waals surface area contributed by atoms with E-state index in [1.54, 1.807) is 0 Å². The van der Waals surface area contributed by atoms with E-state index < -0.39 is 0 Å². The van der Waals surface area contributed by atoms with Crippen molar-refractivity contribution >= 4 is 0 Å². The Balaban J connectivity index is 2.11. The lowest BCUT2D eigenvalue weighted by Gasteiger charge is -2.11. The average Bonchev–Trinajstić information content (AvgIpc) is 2.41. The largest absolute Gasteiger partial charge is 0.489 e. The van der Waals surface area contributed by atoms with Crippen LogP contribution in [0.4, 0.5) is 0 Å². The Morgan fingerprint density at radius 3 is 2.21 bits per heavy atom. The van der Waals surface area contributed by atoms with E-state index in [-0.39, 0.29) is 0 Å². The summed E-state index contributed by atoms with van der Waals surface area (Å²) in [7, 11) is 0. The zero-order valence-corrected chi connectivity index (χ0v) is 11.9. The molecular weight excluding hydrogens is 234 g/mol. The van der Waals surface area contributed by atoms with Gasteiger partial charge in [0.05, 0.1) is 0 Å². The van der Waals surface area contributed by atoms with Crippen LogP contribution in [0, 0.1) is 20.8 Å². The van der Waals surface area contributed by atoms with Crippen LogP contribution in [0.5, 0.6) is 5.75 Å². The highest BCUT2D eigenvalue weighted by Gasteiger charge is 2.02. The molecule has 100 valence electrons. The third kappa shape index (κ3) is 3.36. The molecule has 2 heteroatoms. The molecule has 2 aromatic carbocycles. The predicted molar refractivity (Wildman–Crippen MR) is 79.3 cm³/mol. The van der Waals surface area contributed by atoms with Crippen molar-refractivity contribution in [2.24, 2.45) is 5.73 Å². The second kappa shape index (κ2) is 5.89. The maximum absolute atomic E-state index is 5.90. The van der Waals surface area contributed by atoms with E-state index >= 15 is 0 Å². The molecule has 2 nitrogen and oxygen atoms in total. The third-order valence-electron chi connectivity index (χ3n) is 3.45. The van der Waals surface area contributed by atoms with Crippen molar-refractivity contribution in [2.45, 2.75) is 33.9 Å². The zero-order chi connectivity index (χ0) is 13.8. The van der Waals surface area contributed by atoms with Gasteiger partial charge in [-0.05, 0) is 54.7 Å². The van der Waals surface area contributed by atoms with Gasteiger partial charge in [-0.15, -0.1) is 0 Å². The summed E-state index contributed by atoms with van der Waals surface area (Å²) >= 11 is 0. The van der Waals surface area contributed by atoms with Crippen LogP contribution in [-0.4, -0.2) is 0 Å². The fraction of sp³-hybridized carbons (Fsp3) is 0.294. The molecule has 0 radical (unpaired) electrons. The molecule has 0 aliphatic carbocycles. The molecule has 0 saturated heterocycles. The van der Waals surface area contributed by atoms with Crippen molar-refractivity contribution < 1.29 is 4.74 Å². The van der Waals surface area contributed by atoms with Crippen molar-refractivity contribution in [3.63, 3.8) is 0 Å². The van der Waals surface area contributed by atoms with E-state index in [2.05, 4.69) is 45.0 Å². The van der Waals surface area contributed by atoms with Crippen molar-refractivity contribution in [1.29, 1.82) is 0 Å². The number of ether oxygens (including phenoxy) is 1. The summed E-state index contributed by atoms with van der Waals surface area (Å²) < 4.78 is 5.90. The van der Waals surface area contributed by atoms with Gasteiger partial charge in [-0.1, -0.05) is 30.3 Å². The van der Waals surface area contributed by atoms with E-state index in [9.17, 15) is 0 Å². The number of hydrogen-bond donors (Lipinski definition) is 1. The summed E-state index contributed by atoms with van der Waals surface area (Å²) in [6.45, 7) is 7.43. The number of rotatable bonds is 4. The molecule has 0 aromatic heterocycles. The third-order valence-corrected chi connectivity index (χ3v) is 3.45. The molecule has 0 bridgehead atoms. The molecule has 19 heavy (non-hydrogen) atoms. The Hall–Kier alpha value is -1.80. The first kappa shape index (κ1) is 13.6. The van der Waals surface area contributed by atoms with Gasteiger partial charge >= 0.3 is 0 Å². The Bertz CT molecular complexity index is 575. The van der Waals surface area contributed by atoms with Crippen LogP contribution < -0.4 is 10.5 Å². The second-order valence-corrected chi connectivity index (χ2v) is 5.01. The first-order chi connectivity index (χ1) is 9.10. The molecule has 0 atom stereocenters. The van der Waals surface area contributed by atoms with Crippen LogP contribution in [0.1, 0.15) is 27.8 Å². The number of hydrogen-bond acceptors (Lipinski definition) is 2. The minimum absolute atomic E-state index is 0.542. The smallest absolute Gasteiger partial charge is 0.123 e. The summed E-state index contributed by atoms with van der Waals surface area (Å²) in [5, 5.41) is 0. The van der Waals surface area contributed by atoms with Crippen LogP contribution in [0.3, 0.4) is 0 Å². The Kier molecular flexibility index (Phi) is 4.23. The normalized spacial score (nSPS) is 10.5. The van der Waals surface area contributed by atoms with Crippen molar-refractivity contribution in [3.8, 4) is 5.75 Å². The Morgan fingerprint density at radius 1 is 0.842 bits per heavy atom. The first-order valence-corrected chi connectivity index (χ1v) is 6.58. The number of benzene rings is 2. The lowest BCUT2D eigenvalue weighted by molar-refractivity contribution is 0.303. The lowest BCUT2D eigenvalue weighted by Crippen LogP contribution is -2.01. The Labute approximate surface area is 115 Å². The van der Waals surface area contributed by atoms with Gasteiger partial charge < -0.3 is 10.5 Å². The van der Waals surface area contributed by atoms with Crippen LogP contribution in [-0.2, 0) is 13.2 Å². The van der Waals surface area contributed by atoms with E-state index in [4.69, 9.17) is 10.5 Å². The van der Waals surface area contributed by atoms with Crippen molar-refractivity contribution in [3.05, 3.63) is 64.2 Å². The summed E-state index contributed by atoms with van der Waals surface area (Å²) in [5.74, 6) is 0.918. The highest BCUT2D eigenvalue weighted by atomic mass is 16.5. The van der Waals surface area contributed by atoms with Gasteiger partial charge in [0.15, 0.2) is 0 Å². The average molecular weight is 255 g/mol. The molecule has 0 aliphatic rings. The van der Waals surface area contributed by atoms with Crippen molar-refractivity contribution in [2.75, 3.05) is 0 Å². The SMILES string of the molecule is Cc1ccc(COc2cc(CN)ccc2C)cc1C. The van der Waals surface area contributed by atoms with Crippen LogP contribution >= 0.6 is 0 Å². The highest BCUT2D eigenvalue weighted by Crippen LogP contribution is 2.21. The monoisotopic (exact) mass is 255 g/mol. The van der Waals surface area contributed by atoms with Gasteiger partial charge in [0.2, 0.25) is 0 Å². The molecule has 0 amide bonds. The molecule has 0 unspecified atom stereocenters. The summed E-state index contributed by atoms with van der Waals surface area (Å²) in [6, 6.07) is 12.5. The molecule has 0 heterocycles. The van der Waals surface area contributed by atoms with Crippen LogP contribution in [0.25, 0.3) is 0 Å². The van der Waals surface area contributed by atoms with Crippen LogP contribution in [0.2, 0.25) is 0 Å². The maximum atomic E-state index is 5.90. The lowest BCUT2D eigenvalue weighted by atomic mass is 10.1. The molecular formula is C17H21NO.